The van der Waals surface area contributed by atoms with Crippen molar-refractivity contribution in [1.82, 2.24) is 35.2 Å². The fourth-order valence-corrected chi connectivity index (χ4v) is 6.40. The third-order valence-corrected chi connectivity index (χ3v) is 8.97. The van der Waals surface area contributed by atoms with Crippen LogP contribution in [-0.2, 0) is 6.42 Å². The highest BCUT2D eigenvalue weighted by molar-refractivity contribution is 5.96. The number of hydrogen-bond acceptors (Lipinski definition) is 10. The summed E-state index contributed by atoms with van der Waals surface area (Å²) in [6, 6.07) is 17.9. The van der Waals surface area contributed by atoms with Gasteiger partial charge in [0.05, 0.1) is 23.3 Å². The maximum atomic E-state index is 13.1. The average Bonchev–Trinajstić information content (AvgIpc) is 3.82. The zero-order chi connectivity index (χ0) is 33.4. The van der Waals surface area contributed by atoms with Crippen molar-refractivity contribution in [3.8, 4) is 22.8 Å². The Hall–Kier alpha value is -5.59. The molecule has 1 amide bonds. The fraction of sp³-hybridized carbons (Fsp3) is 0.250. The monoisotopic (exact) mass is 643 g/mol. The lowest BCUT2D eigenvalue weighted by Gasteiger charge is -2.36. The summed E-state index contributed by atoms with van der Waals surface area (Å²) in [7, 11) is 0. The summed E-state index contributed by atoms with van der Waals surface area (Å²) in [6.45, 7) is 6.15. The van der Waals surface area contributed by atoms with Crippen LogP contribution in [0.4, 0.5) is 11.6 Å². The minimum atomic E-state index is -0.308. The molecule has 2 aliphatic heterocycles. The van der Waals surface area contributed by atoms with E-state index in [0.717, 1.165) is 54.1 Å². The molecule has 12 nitrogen and oxygen atoms in total. The summed E-state index contributed by atoms with van der Waals surface area (Å²) < 4.78 is 2.02. The van der Waals surface area contributed by atoms with Crippen molar-refractivity contribution in [2.24, 2.45) is 0 Å². The molecule has 244 valence electrons. The number of aromatic nitrogens is 4. The quantitative estimate of drug-likeness (QED) is 0.180. The number of carbonyl (C=O) groups is 2. The maximum Gasteiger partial charge on any atom is 0.251 e. The number of phenols is 1. The van der Waals surface area contributed by atoms with Crippen molar-refractivity contribution in [3.63, 3.8) is 0 Å². The summed E-state index contributed by atoms with van der Waals surface area (Å²) >= 11 is 0. The first kappa shape index (κ1) is 31.0. The van der Waals surface area contributed by atoms with Gasteiger partial charge in [-0.2, -0.15) is 0 Å². The van der Waals surface area contributed by atoms with E-state index in [2.05, 4.69) is 32.8 Å². The van der Waals surface area contributed by atoms with Gasteiger partial charge < -0.3 is 16.2 Å². The van der Waals surface area contributed by atoms with Crippen LogP contribution < -0.4 is 21.5 Å². The van der Waals surface area contributed by atoms with Gasteiger partial charge >= 0.3 is 0 Å². The number of fused-ring (bicyclic) bond motifs is 2. The van der Waals surface area contributed by atoms with E-state index in [1.807, 2.05) is 66.0 Å². The standard InChI is InChI=1S/C34H31N9O3.C2H6/c35-31-25(3-1-13-36-31)32-37-27-9-11-29(42-16-12-30(40-42)41-14-2-15-41)39-33(27)43(32)23-6-7-24-20(18-23)4-8-26(24)38-34(46)21-5-10-28(45)22(17-21)19-44;1-2/h1,3,5-7,9-13,16-19,26,30,40,45H,2,4,8,14-15H2,(H2,35,36)(H,38,46);1-2H3. The normalized spacial score (nSPS) is 18.2. The van der Waals surface area contributed by atoms with Crippen LogP contribution in [-0.4, -0.2) is 61.0 Å². The molecule has 1 aliphatic carbocycles. The predicted molar refractivity (Wildman–Crippen MR) is 185 cm³/mol. The zero-order valence-electron chi connectivity index (χ0n) is 26.8. The summed E-state index contributed by atoms with van der Waals surface area (Å²) in [5.74, 6) is 1.29. The zero-order valence-corrected chi connectivity index (χ0v) is 26.8. The van der Waals surface area contributed by atoms with Gasteiger partial charge in [0.25, 0.3) is 5.91 Å². The highest BCUT2D eigenvalue weighted by Gasteiger charge is 2.29. The van der Waals surface area contributed by atoms with E-state index in [9.17, 15) is 14.7 Å². The number of nitrogens with one attached hydrogen (secondary N) is 2. The van der Waals surface area contributed by atoms with Crippen LogP contribution in [0.2, 0.25) is 0 Å². The van der Waals surface area contributed by atoms with Gasteiger partial charge in [-0.05, 0) is 91.1 Å². The maximum absolute atomic E-state index is 13.1. The molecule has 8 rings (SSSR count). The number of likely N-dealkylation sites (tertiary alicyclic amines) is 1. The van der Waals surface area contributed by atoms with Gasteiger partial charge in [0.15, 0.2) is 17.8 Å². The molecule has 1 saturated heterocycles. The number of imidazole rings is 1. The Kier molecular flexibility index (Phi) is 8.34. The number of anilines is 2. The highest BCUT2D eigenvalue weighted by Crippen LogP contribution is 2.36. The molecule has 0 spiro atoms. The van der Waals surface area contributed by atoms with Gasteiger partial charge in [-0.3, -0.25) is 24.1 Å². The number of nitrogens with two attached hydrogens (primary N) is 1. The molecular weight excluding hydrogens is 606 g/mol. The third-order valence-electron chi connectivity index (χ3n) is 8.97. The molecule has 0 saturated carbocycles. The number of aromatic hydroxyl groups is 1. The molecule has 0 bridgehead atoms. The number of carbonyl (C=O) groups excluding carboxylic acids is 2. The van der Waals surface area contributed by atoms with Crippen molar-refractivity contribution < 1.29 is 14.7 Å². The first-order valence-corrected chi connectivity index (χ1v) is 16.3. The number of aldehydes is 1. The van der Waals surface area contributed by atoms with E-state index in [0.29, 0.717) is 34.7 Å². The van der Waals surface area contributed by atoms with E-state index in [1.54, 1.807) is 6.20 Å². The molecule has 3 aliphatic rings. The van der Waals surface area contributed by atoms with Gasteiger partial charge in [-0.25, -0.2) is 20.4 Å². The molecule has 1 fully saturated rings. The van der Waals surface area contributed by atoms with Crippen LogP contribution in [0, 0.1) is 0 Å². The number of phenolic OH excluding ortho intramolecular Hbond substituents is 1. The number of benzene rings is 2. The topological polar surface area (TPSA) is 155 Å². The van der Waals surface area contributed by atoms with Gasteiger partial charge in [0.2, 0.25) is 0 Å². The van der Waals surface area contributed by atoms with Crippen molar-refractivity contribution in [2.75, 3.05) is 23.8 Å². The SMILES string of the molecule is CC.Nc1ncccc1-c1nc2ccc(N3C=CC(N4CCC4)N3)nc2n1-c1ccc2c(c1)CCC2NC(=O)c1ccc(O)c(C=O)c1. The number of amides is 1. The van der Waals surface area contributed by atoms with Crippen LogP contribution >= 0.6 is 0 Å². The number of nitrogens with zero attached hydrogens (tertiary/aromatic N) is 6. The average molecular weight is 644 g/mol. The Morgan fingerprint density at radius 1 is 1.08 bits per heavy atom. The molecule has 3 aromatic heterocycles. The predicted octanol–water partition coefficient (Wildman–Crippen LogP) is 4.90. The lowest BCUT2D eigenvalue weighted by atomic mass is 10.1. The van der Waals surface area contributed by atoms with Gasteiger partial charge in [-0.15, -0.1) is 0 Å². The first-order valence-electron chi connectivity index (χ1n) is 16.3. The smallest absolute Gasteiger partial charge is 0.251 e. The molecule has 2 atom stereocenters. The molecular formula is C36H37N9O3. The Labute approximate surface area is 277 Å². The van der Waals surface area contributed by atoms with Crippen molar-refractivity contribution in [1.29, 1.82) is 0 Å². The first-order chi connectivity index (χ1) is 23.5. The Morgan fingerprint density at radius 2 is 1.94 bits per heavy atom. The number of nitrogen functional groups attached to an aromatic ring is 1. The Bertz CT molecular complexity index is 2050. The summed E-state index contributed by atoms with van der Waals surface area (Å²) in [4.78, 5) is 41.1. The molecule has 5 aromatic rings. The number of hydrazine groups is 1. The second-order valence-corrected chi connectivity index (χ2v) is 11.7. The Balaban J connectivity index is 0.00000179. The van der Waals surface area contributed by atoms with E-state index in [-0.39, 0.29) is 29.4 Å². The second kappa shape index (κ2) is 12.9. The summed E-state index contributed by atoms with van der Waals surface area (Å²) in [5, 5.41) is 14.9. The molecule has 0 radical (unpaired) electrons. The summed E-state index contributed by atoms with van der Waals surface area (Å²) in [6.07, 6.45) is 9.19. The van der Waals surface area contributed by atoms with Crippen LogP contribution in [0.1, 0.15) is 64.6 Å². The van der Waals surface area contributed by atoms with E-state index < -0.39 is 0 Å². The molecule has 48 heavy (non-hydrogen) atoms. The van der Waals surface area contributed by atoms with Crippen molar-refractivity contribution in [2.45, 2.75) is 45.3 Å². The number of hydrogen-bond donors (Lipinski definition) is 4. The van der Waals surface area contributed by atoms with Crippen LogP contribution in [0.25, 0.3) is 28.2 Å². The summed E-state index contributed by atoms with van der Waals surface area (Å²) in [5.41, 5.74) is 15.4. The Morgan fingerprint density at radius 3 is 2.71 bits per heavy atom. The van der Waals surface area contributed by atoms with Crippen LogP contribution in [0.15, 0.2) is 79.1 Å². The van der Waals surface area contributed by atoms with Gasteiger partial charge in [0, 0.05) is 36.7 Å². The third kappa shape index (κ3) is 5.54. The largest absolute Gasteiger partial charge is 0.507 e. The molecule has 5 heterocycles. The second-order valence-electron chi connectivity index (χ2n) is 11.7. The van der Waals surface area contributed by atoms with E-state index in [1.165, 1.54) is 24.6 Å². The van der Waals surface area contributed by atoms with E-state index in [4.69, 9.17) is 15.7 Å². The van der Waals surface area contributed by atoms with Crippen molar-refractivity contribution in [3.05, 3.63) is 101 Å². The lowest BCUT2D eigenvalue weighted by molar-refractivity contribution is 0.0936. The van der Waals surface area contributed by atoms with Crippen LogP contribution in [0.3, 0.4) is 0 Å². The molecule has 2 unspecified atom stereocenters. The number of rotatable bonds is 7. The van der Waals surface area contributed by atoms with Crippen LogP contribution in [0.5, 0.6) is 5.75 Å². The number of pyridine rings is 2. The van der Waals surface area contributed by atoms with Gasteiger partial charge in [-0.1, -0.05) is 19.9 Å². The molecule has 5 N–H and O–H groups in total. The highest BCUT2D eigenvalue weighted by atomic mass is 16.3. The lowest BCUT2D eigenvalue weighted by Crippen LogP contribution is -2.52. The van der Waals surface area contributed by atoms with Crippen molar-refractivity contribution >= 4 is 35.0 Å². The minimum Gasteiger partial charge on any atom is -0.507 e. The van der Waals surface area contributed by atoms with E-state index >= 15 is 0 Å². The van der Waals surface area contributed by atoms with Gasteiger partial charge in [0.1, 0.15) is 22.9 Å². The molecule has 12 heteroatoms. The fourth-order valence-electron chi connectivity index (χ4n) is 6.40. The minimum absolute atomic E-state index is 0.0750. The number of aryl methyl sites for hydroxylation is 1. The molecule has 2 aromatic carbocycles.